The summed E-state index contributed by atoms with van der Waals surface area (Å²) < 4.78 is 13.9. The number of hydrogen-bond donors (Lipinski definition) is 1. The predicted molar refractivity (Wildman–Crippen MR) is 127 cm³/mol. The Kier molecular flexibility index (Phi) is 5.83. The molecule has 8 heteroatoms. The Bertz CT molecular complexity index is 1350. The third-order valence-electron chi connectivity index (χ3n) is 5.47. The number of hydrogen-bond acceptors (Lipinski definition) is 5. The van der Waals surface area contributed by atoms with Gasteiger partial charge in [0.15, 0.2) is 17.2 Å². The van der Waals surface area contributed by atoms with Gasteiger partial charge in [0.1, 0.15) is 6.61 Å². The number of aromatic nitrogens is 1. The zero-order valence-corrected chi connectivity index (χ0v) is 19.1. The molecule has 2 heterocycles. The standard InChI is InChI=1S/C25H20BrN3O4/c26-17-10-11-19-18(14-17)23(25(31)29(19)13-12-16-6-2-1-3-7-16)27-28-24(30)22-15-32-20-8-4-5-9-21(20)33-22/h1-11,14,22,31H,12-13,15H2. The third-order valence-corrected chi connectivity index (χ3v) is 5.96. The highest BCUT2D eigenvalue weighted by molar-refractivity contribution is 9.10. The molecular weight excluding hydrogens is 486 g/mol. The maximum absolute atomic E-state index is 12.6. The molecule has 0 spiro atoms. The first-order valence-electron chi connectivity index (χ1n) is 10.5. The molecule has 7 nitrogen and oxygen atoms in total. The van der Waals surface area contributed by atoms with Gasteiger partial charge in [-0.05, 0) is 42.3 Å². The Labute approximate surface area is 198 Å². The number of fused-ring (bicyclic) bond motifs is 2. The van der Waals surface area contributed by atoms with Crippen LogP contribution < -0.4 is 9.47 Å². The Morgan fingerprint density at radius 3 is 2.64 bits per heavy atom. The molecule has 0 saturated carbocycles. The molecule has 1 N–H and O–H groups in total. The minimum absolute atomic E-state index is 0.0401. The van der Waals surface area contributed by atoms with E-state index in [2.05, 4.69) is 26.2 Å². The van der Waals surface area contributed by atoms with Crippen LogP contribution in [0.2, 0.25) is 0 Å². The number of aromatic hydroxyl groups is 1. The van der Waals surface area contributed by atoms with Crippen LogP contribution in [0.4, 0.5) is 5.69 Å². The molecule has 5 rings (SSSR count). The molecule has 1 aliphatic heterocycles. The molecule has 33 heavy (non-hydrogen) atoms. The van der Waals surface area contributed by atoms with Crippen LogP contribution in [0.1, 0.15) is 5.56 Å². The van der Waals surface area contributed by atoms with E-state index >= 15 is 0 Å². The van der Waals surface area contributed by atoms with Crippen molar-refractivity contribution >= 4 is 38.4 Å². The first kappa shape index (κ1) is 21.2. The number of aryl methyl sites for hydroxylation is 2. The van der Waals surface area contributed by atoms with Gasteiger partial charge in [-0.2, -0.15) is 0 Å². The van der Waals surface area contributed by atoms with Gasteiger partial charge in [0, 0.05) is 16.4 Å². The number of halogens is 1. The van der Waals surface area contributed by atoms with Crippen LogP contribution >= 0.6 is 15.9 Å². The zero-order valence-electron chi connectivity index (χ0n) is 17.5. The summed E-state index contributed by atoms with van der Waals surface area (Å²) in [6.07, 6.45) is -0.167. The quantitative estimate of drug-likeness (QED) is 0.347. The highest BCUT2D eigenvalue weighted by Crippen LogP contribution is 2.40. The number of carbonyl (C=O) groups excluding carboxylic acids is 1. The van der Waals surface area contributed by atoms with Gasteiger partial charge in [0.2, 0.25) is 12.0 Å². The van der Waals surface area contributed by atoms with Crippen molar-refractivity contribution in [1.29, 1.82) is 0 Å². The lowest BCUT2D eigenvalue weighted by Crippen LogP contribution is -2.35. The number of ether oxygens (including phenoxy) is 2. The van der Waals surface area contributed by atoms with Gasteiger partial charge in [-0.1, -0.05) is 58.4 Å². The third kappa shape index (κ3) is 4.34. The molecule has 1 aliphatic rings. The van der Waals surface area contributed by atoms with Crippen LogP contribution in [0.25, 0.3) is 10.9 Å². The smallest absolute Gasteiger partial charge is 0.308 e. The molecular formula is C25H20BrN3O4. The molecule has 0 radical (unpaired) electrons. The topological polar surface area (TPSA) is 85.4 Å². The van der Waals surface area contributed by atoms with Crippen molar-refractivity contribution in [2.75, 3.05) is 6.61 Å². The van der Waals surface area contributed by atoms with E-state index in [0.717, 1.165) is 22.0 Å². The summed E-state index contributed by atoms with van der Waals surface area (Å²) in [5.41, 5.74) is 2.20. The number of azo groups is 1. The lowest BCUT2D eigenvalue weighted by atomic mass is 10.1. The summed E-state index contributed by atoms with van der Waals surface area (Å²) in [5, 5.41) is 19.6. The Balaban J connectivity index is 1.41. The van der Waals surface area contributed by atoms with E-state index in [1.807, 2.05) is 54.6 Å². The fourth-order valence-electron chi connectivity index (χ4n) is 3.81. The number of carbonyl (C=O) groups is 1. The van der Waals surface area contributed by atoms with E-state index in [-0.39, 0.29) is 18.2 Å². The second-order valence-electron chi connectivity index (χ2n) is 7.62. The molecule has 1 amide bonds. The zero-order chi connectivity index (χ0) is 22.8. The van der Waals surface area contributed by atoms with Crippen molar-refractivity contribution in [3.05, 3.63) is 82.8 Å². The molecule has 0 fully saturated rings. The molecule has 0 bridgehead atoms. The maximum Gasteiger partial charge on any atom is 0.308 e. The van der Waals surface area contributed by atoms with Crippen molar-refractivity contribution in [2.24, 2.45) is 10.2 Å². The highest BCUT2D eigenvalue weighted by Gasteiger charge is 2.27. The summed E-state index contributed by atoms with van der Waals surface area (Å²) in [5.74, 6) is 0.454. The van der Waals surface area contributed by atoms with Gasteiger partial charge < -0.3 is 19.1 Å². The molecule has 1 atom stereocenters. The average molecular weight is 506 g/mol. The minimum Gasteiger partial charge on any atom is -0.493 e. The molecule has 1 aromatic heterocycles. The number of nitrogens with zero attached hydrogens (tertiary/aromatic N) is 3. The summed E-state index contributed by atoms with van der Waals surface area (Å²) in [7, 11) is 0. The normalized spacial score (nSPS) is 15.2. The Morgan fingerprint density at radius 2 is 1.82 bits per heavy atom. The predicted octanol–water partition coefficient (Wildman–Crippen LogP) is 5.80. The van der Waals surface area contributed by atoms with Crippen molar-refractivity contribution in [2.45, 2.75) is 19.1 Å². The van der Waals surface area contributed by atoms with E-state index in [4.69, 9.17) is 9.47 Å². The molecule has 0 saturated heterocycles. The summed E-state index contributed by atoms with van der Waals surface area (Å²) in [6.45, 7) is 0.596. The molecule has 3 aromatic carbocycles. The van der Waals surface area contributed by atoms with Gasteiger partial charge in [-0.3, -0.25) is 4.79 Å². The van der Waals surface area contributed by atoms with Crippen LogP contribution in [0.5, 0.6) is 17.4 Å². The van der Waals surface area contributed by atoms with E-state index in [9.17, 15) is 9.90 Å². The number of amides is 1. The summed E-state index contributed by atoms with van der Waals surface area (Å²) in [4.78, 5) is 12.6. The average Bonchev–Trinajstić information content (AvgIpc) is 3.11. The SMILES string of the molecule is O=C(N=Nc1c(O)n(CCc2ccccc2)c2ccc(Br)cc12)C1COc2ccccc2O1. The van der Waals surface area contributed by atoms with Crippen molar-refractivity contribution in [3.63, 3.8) is 0 Å². The second-order valence-corrected chi connectivity index (χ2v) is 8.54. The van der Waals surface area contributed by atoms with Crippen LogP contribution in [-0.4, -0.2) is 28.3 Å². The molecule has 0 aliphatic carbocycles. The fourth-order valence-corrected chi connectivity index (χ4v) is 4.17. The van der Waals surface area contributed by atoms with Gasteiger partial charge >= 0.3 is 5.91 Å². The number of benzene rings is 3. The first-order chi connectivity index (χ1) is 16.1. The fraction of sp³-hybridized carbons (Fsp3) is 0.160. The number of para-hydroxylation sites is 2. The van der Waals surface area contributed by atoms with Crippen molar-refractivity contribution in [3.8, 4) is 17.4 Å². The van der Waals surface area contributed by atoms with E-state index < -0.39 is 12.0 Å². The maximum atomic E-state index is 12.6. The van der Waals surface area contributed by atoms with Crippen LogP contribution in [0.3, 0.4) is 0 Å². The first-order valence-corrected chi connectivity index (χ1v) is 11.3. The van der Waals surface area contributed by atoms with Crippen molar-refractivity contribution in [1.82, 2.24) is 4.57 Å². The highest BCUT2D eigenvalue weighted by atomic mass is 79.9. The summed E-state index contributed by atoms with van der Waals surface area (Å²) in [6, 6.07) is 22.8. The van der Waals surface area contributed by atoms with E-state index in [1.54, 1.807) is 22.8 Å². The molecule has 166 valence electrons. The lowest BCUT2D eigenvalue weighted by molar-refractivity contribution is -0.127. The molecule has 1 unspecified atom stereocenters. The Hall–Kier alpha value is -3.65. The van der Waals surface area contributed by atoms with Crippen LogP contribution in [-0.2, 0) is 17.8 Å². The van der Waals surface area contributed by atoms with E-state index in [1.165, 1.54) is 0 Å². The van der Waals surface area contributed by atoms with Crippen LogP contribution in [0.15, 0.2) is 87.5 Å². The van der Waals surface area contributed by atoms with Gasteiger partial charge in [-0.15, -0.1) is 10.2 Å². The van der Waals surface area contributed by atoms with Gasteiger partial charge in [-0.25, -0.2) is 0 Å². The van der Waals surface area contributed by atoms with Gasteiger partial charge in [0.05, 0.1) is 5.52 Å². The van der Waals surface area contributed by atoms with Crippen molar-refractivity contribution < 1.29 is 19.4 Å². The number of rotatable bonds is 5. The van der Waals surface area contributed by atoms with Crippen LogP contribution in [0, 0.1) is 0 Å². The van der Waals surface area contributed by atoms with Gasteiger partial charge in [0.25, 0.3) is 0 Å². The largest absolute Gasteiger partial charge is 0.493 e. The molecule has 4 aromatic rings. The Morgan fingerprint density at radius 1 is 1.06 bits per heavy atom. The monoisotopic (exact) mass is 505 g/mol. The second kappa shape index (κ2) is 9.07. The lowest BCUT2D eigenvalue weighted by Gasteiger charge is -2.23. The summed E-state index contributed by atoms with van der Waals surface area (Å²) >= 11 is 3.47. The minimum atomic E-state index is -0.899. The van der Waals surface area contributed by atoms with E-state index in [0.29, 0.717) is 23.4 Å².